The zero-order valence-corrected chi connectivity index (χ0v) is 15.0. The third-order valence-corrected chi connectivity index (χ3v) is 7.84. The Hall–Kier alpha value is -1.57. The molecule has 0 saturated heterocycles. The number of carbonyl (C=O) groups excluding carboxylic acids is 1. The first-order valence-electron chi connectivity index (χ1n) is 7.65. The molecule has 1 aromatic heterocycles. The molecule has 1 aliphatic carbocycles. The summed E-state index contributed by atoms with van der Waals surface area (Å²) in [5.41, 5.74) is 1.64. The zero-order chi connectivity index (χ0) is 16.9. The second-order valence-corrected chi connectivity index (χ2v) is 9.79. The smallest absolute Gasteiger partial charge is 0.271 e. The minimum Gasteiger partial charge on any atom is -0.325 e. The normalized spacial score (nSPS) is 18.6. The molecule has 2 N–H and O–H groups in total. The second-order valence-electron chi connectivity index (χ2n) is 6.17. The molecule has 1 spiro atoms. The molecule has 8 heteroatoms. The van der Waals surface area contributed by atoms with Crippen LogP contribution < -0.4 is 10.0 Å². The van der Waals surface area contributed by atoms with Gasteiger partial charge in [0.25, 0.3) is 10.0 Å². The van der Waals surface area contributed by atoms with Crippen LogP contribution in [0.3, 0.4) is 0 Å². The Bertz CT molecular complexity index is 931. The summed E-state index contributed by atoms with van der Waals surface area (Å²) >= 11 is 6.83. The summed E-state index contributed by atoms with van der Waals surface area (Å²) < 4.78 is 28.1. The van der Waals surface area contributed by atoms with Crippen molar-refractivity contribution in [2.24, 2.45) is 0 Å². The molecular formula is C16H15ClN2O3S2. The monoisotopic (exact) mass is 382 g/mol. The summed E-state index contributed by atoms with van der Waals surface area (Å²) in [4.78, 5) is 12.4. The number of hydrogen-bond donors (Lipinski definition) is 2. The Balaban J connectivity index is 1.70. The summed E-state index contributed by atoms with van der Waals surface area (Å²) in [6.07, 6.45) is 3.64. The van der Waals surface area contributed by atoms with Crippen molar-refractivity contribution in [1.29, 1.82) is 0 Å². The molecular weight excluding hydrogens is 368 g/mol. The van der Waals surface area contributed by atoms with Crippen LogP contribution in [0.2, 0.25) is 4.34 Å². The predicted molar refractivity (Wildman–Crippen MR) is 95.4 cm³/mol. The maximum absolute atomic E-state index is 12.5. The van der Waals surface area contributed by atoms with Crippen LogP contribution in [0.4, 0.5) is 11.4 Å². The maximum Gasteiger partial charge on any atom is 0.271 e. The lowest BCUT2D eigenvalue weighted by Crippen LogP contribution is -2.31. The van der Waals surface area contributed by atoms with Crippen LogP contribution in [-0.4, -0.2) is 14.3 Å². The molecule has 2 aromatic rings. The number of anilines is 2. The van der Waals surface area contributed by atoms with Crippen molar-refractivity contribution < 1.29 is 13.2 Å². The van der Waals surface area contributed by atoms with Crippen LogP contribution in [0.25, 0.3) is 0 Å². The number of fused-ring (bicyclic) bond motifs is 2. The van der Waals surface area contributed by atoms with Gasteiger partial charge in [0.15, 0.2) is 0 Å². The van der Waals surface area contributed by atoms with Gasteiger partial charge in [-0.3, -0.25) is 9.52 Å². The molecule has 0 unspecified atom stereocenters. The summed E-state index contributed by atoms with van der Waals surface area (Å²) in [6.45, 7) is 0. The third-order valence-electron chi connectivity index (χ3n) is 4.74. The lowest BCUT2D eigenvalue weighted by Gasteiger charge is -2.21. The molecule has 0 radical (unpaired) electrons. The second kappa shape index (κ2) is 5.47. The number of amides is 1. The van der Waals surface area contributed by atoms with Gasteiger partial charge in [0, 0.05) is 11.4 Å². The first-order chi connectivity index (χ1) is 11.4. The van der Waals surface area contributed by atoms with Gasteiger partial charge >= 0.3 is 0 Å². The Morgan fingerprint density at radius 3 is 2.58 bits per heavy atom. The molecule has 24 heavy (non-hydrogen) atoms. The van der Waals surface area contributed by atoms with Crippen molar-refractivity contribution >= 4 is 50.2 Å². The van der Waals surface area contributed by atoms with Crippen molar-refractivity contribution in [3.05, 3.63) is 40.2 Å². The number of thiophene rings is 1. The van der Waals surface area contributed by atoms with Gasteiger partial charge in [-0.25, -0.2) is 8.42 Å². The lowest BCUT2D eigenvalue weighted by molar-refractivity contribution is -0.120. The van der Waals surface area contributed by atoms with Crippen LogP contribution in [0.1, 0.15) is 31.2 Å². The van der Waals surface area contributed by atoms with Crippen LogP contribution in [-0.2, 0) is 20.2 Å². The molecule has 0 atom stereocenters. The van der Waals surface area contributed by atoms with Gasteiger partial charge in [0.2, 0.25) is 5.91 Å². The SMILES string of the molecule is O=C1Nc2ccc(NS(=O)(=O)c3ccc(Cl)s3)cc2C12CCCC2. The molecule has 2 aliphatic rings. The maximum atomic E-state index is 12.5. The van der Waals surface area contributed by atoms with Crippen molar-refractivity contribution in [3.63, 3.8) is 0 Å². The van der Waals surface area contributed by atoms with Gasteiger partial charge in [0.05, 0.1) is 9.75 Å². The Kier molecular flexibility index (Phi) is 3.63. The number of sulfonamides is 1. The molecule has 4 rings (SSSR count). The van der Waals surface area contributed by atoms with Crippen molar-refractivity contribution in [2.75, 3.05) is 10.0 Å². The van der Waals surface area contributed by atoms with E-state index in [2.05, 4.69) is 10.0 Å². The average Bonchev–Trinajstić information content (AvgIpc) is 3.23. The summed E-state index contributed by atoms with van der Waals surface area (Å²) in [5, 5.41) is 2.92. The largest absolute Gasteiger partial charge is 0.325 e. The minimum absolute atomic E-state index is 0.0278. The molecule has 1 aliphatic heterocycles. The molecule has 1 fully saturated rings. The van der Waals surface area contributed by atoms with Gasteiger partial charge < -0.3 is 5.32 Å². The van der Waals surface area contributed by atoms with Gasteiger partial charge in [-0.1, -0.05) is 24.4 Å². The van der Waals surface area contributed by atoms with E-state index in [0.29, 0.717) is 10.0 Å². The van der Waals surface area contributed by atoms with Crippen LogP contribution in [0.15, 0.2) is 34.5 Å². The highest BCUT2D eigenvalue weighted by molar-refractivity contribution is 7.94. The highest BCUT2D eigenvalue weighted by atomic mass is 35.5. The summed E-state index contributed by atoms with van der Waals surface area (Å²) in [6, 6.07) is 8.25. The molecule has 1 amide bonds. The third kappa shape index (κ3) is 2.42. The fourth-order valence-corrected chi connectivity index (χ4v) is 6.13. The number of benzene rings is 1. The van der Waals surface area contributed by atoms with Crippen LogP contribution in [0.5, 0.6) is 0 Å². The van der Waals surface area contributed by atoms with Gasteiger partial charge in [-0.2, -0.15) is 0 Å². The number of rotatable bonds is 3. The highest BCUT2D eigenvalue weighted by Crippen LogP contribution is 2.49. The average molecular weight is 383 g/mol. The van der Waals surface area contributed by atoms with Crippen LogP contribution >= 0.6 is 22.9 Å². The van der Waals surface area contributed by atoms with E-state index in [9.17, 15) is 13.2 Å². The standard InChI is InChI=1S/C16H15ClN2O3S2/c17-13-5-6-14(23-13)24(21,22)19-10-3-4-12-11(9-10)16(15(20)18-12)7-1-2-8-16/h3-6,9,19H,1-2,7-8H2,(H,18,20). The zero-order valence-electron chi connectivity index (χ0n) is 12.6. The molecule has 126 valence electrons. The van der Waals surface area contributed by atoms with Crippen molar-refractivity contribution in [2.45, 2.75) is 35.3 Å². The predicted octanol–water partition coefficient (Wildman–Crippen LogP) is 3.97. The lowest BCUT2D eigenvalue weighted by atomic mass is 9.80. The number of hydrogen-bond acceptors (Lipinski definition) is 4. The summed E-state index contributed by atoms with van der Waals surface area (Å²) in [7, 11) is -3.68. The van der Waals surface area contributed by atoms with E-state index >= 15 is 0 Å². The van der Waals surface area contributed by atoms with Crippen molar-refractivity contribution in [3.8, 4) is 0 Å². The Morgan fingerprint density at radius 2 is 1.92 bits per heavy atom. The van der Waals surface area contributed by atoms with Gasteiger partial charge in [-0.05, 0) is 48.7 Å². The van der Waals surface area contributed by atoms with Crippen molar-refractivity contribution in [1.82, 2.24) is 0 Å². The first kappa shape index (κ1) is 15.9. The quantitative estimate of drug-likeness (QED) is 0.843. The molecule has 1 aromatic carbocycles. The minimum atomic E-state index is -3.68. The number of halogens is 1. The topological polar surface area (TPSA) is 75.3 Å². The fourth-order valence-electron chi connectivity index (χ4n) is 3.60. The molecule has 2 heterocycles. The van der Waals surface area contributed by atoms with E-state index in [1.54, 1.807) is 24.3 Å². The fraction of sp³-hybridized carbons (Fsp3) is 0.312. The van der Waals surface area contributed by atoms with E-state index in [1.165, 1.54) is 6.07 Å². The van der Waals surface area contributed by atoms with E-state index in [0.717, 1.165) is 48.3 Å². The molecule has 0 bridgehead atoms. The number of carbonyl (C=O) groups is 1. The van der Waals surface area contributed by atoms with Gasteiger partial charge in [0.1, 0.15) is 4.21 Å². The summed E-state index contributed by atoms with van der Waals surface area (Å²) in [5.74, 6) is 0.0278. The number of nitrogens with one attached hydrogen (secondary N) is 2. The Labute approximate surface area is 149 Å². The first-order valence-corrected chi connectivity index (χ1v) is 10.3. The van der Waals surface area contributed by atoms with E-state index in [4.69, 9.17) is 11.6 Å². The van der Waals surface area contributed by atoms with E-state index in [1.807, 2.05) is 0 Å². The van der Waals surface area contributed by atoms with Gasteiger partial charge in [-0.15, -0.1) is 11.3 Å². The van der Waals surface area contributed by atoms with E-state index < -0.39 is 15.4 Å². The Morgan fingerprint density at radius 1 is 1.17 bits per heavy atom. The van der Waals surface area contributed by atoms with E-state index in [-0.39, 0.29) is 10.1 Å². The van der Waals surface area contributed by atoms with Crippen LogP contribution in [0, 0.1) is 0 Å². The highest BCUT2D eigenvalue weighted by Gasteiger charge is 2.48. The molecule has 5 nitrogen and oxygen atoms in total. The molecule has 1 saturated carbocycles.